The van der Waals surface area contributed by atoms with Crippen LogP contribution in [0.2, 0.25) is 0 Å². The number of aromatic nitrogens is 1. The fourth-order valence-corrected chi connectivity index (χ4v) is 2.46. The second-order valence-electron chi connectivity index (χ2n) is 4.33. The van der Waals surface area contributed by atoms with Crippen molar-refractivity contribution in [2.75, 3.05) is 0 Å². The van der Waals surface area contributed by atoms with Crippen molar-refractivity contribution < 1.29 is 4.42 Å². The van der Waals surface area contributed by atoms with E-state index in [0.717, 1.165) is 38.3 Å². The number of hydrogen-bond donors (Lipinski definition) is 0. The Morgan fingerprint density at radius 3 is 2.83 bits per heavy atom. The van der Waals surface area contributed by atoms with E-state index in [-0.39, 0.29) is 0 Å². The first-order chi connectivity index (χ1) is 8.84. The van der Waals surface area contributed by atoms with Crippen molar-refractivity contribution in [1.29, 1.82) is 0 Å². The minimum Gasteiger partial charge on any atom is -0.455 e. The van der Waals surface area contributed by atoms with Gasteiger partial charge in [0.1, 0.15) is 19.0 Å². The second-order valence-corrected chi connectivity index (χ2v) is 4.33. The van der Waals surface area contributed by atoms with E-state index in [1.54, 1.807) is 6.20 Å². The first kappa shape index (κ1) is 9.72. The Balaban J connectivity index is 2.34. The molecule has 2 aromatic heterocycles. The summed E-state index contributed by atoms with van der Waals surface area (Å²) < 4.78 is 5.93. The molecular weight excluding hydrogens is 221 g/mol. The summed E-state index contributed by atoms with van der Waals surface area (Å²) in [6, 6.07) is 13.7. The van der Waals surface area contributed by atoms with E-state index in [2.05, 4.69) is 4.98 Å². The number of furan rings is 1. The minimum absolute atomic E-state index is 0.745. The zero-order valence-corrected chi connectivity index (χ0v) is 9.55. The van der Waals surface area contributed by atoms with Crippen molar-refractivity contribution in [2.24, 2.45) is 0 Å². The quantitative estimate of drug-likeness (QED) is 0.433. The molecule has 4 rings (SSSR count). The molecule has 3 heteroatoms. The Morgan fingerprint density at radius 1 is 0.944 bits per heavy atom. The van der Waals surface area contributed by atoms with Crippen LogP contribution in [-0.2, 0) is 0 Å². The van der Waals surface area contributed by atoms with Gasteiger partial charge in [-0.2, -0.15) is 0 Å². The van der Waals surface area contributed by atoms with E-state index < -0.39 is 0 Å². The molecule has 4 aromatic rings. The van der Waals surface area contributed by atoms with Gasteiger partial charge in [-0.3, -0.25) is 4.98 Å². The van der Waals surface area contributed by atoms with Crippen LogP contribution >= 0.6 is 0 Å². The number of nitrogens with zero attached hydrogens (tertiary/aromatic N) is 1. The van der Waals surface area contributed by atoms with E-state index in [1.807, 2.05) is 42.5 Å². The van der Waals surface area contributed by atoms with Gasteiger partial charge in [-0.1, -0.05) is 17.6 Å². The highest BCUT2D eigenvalue weighted by Crippen LogP contribution is 2.31. The van der Waals surface area contributed by atoms with Gasteiger partial charge in [0.05, 0.1) is 5.52 Å². The lowest BCUT2D eigenvalue weighted by atomic mass is 9.91. The van der Waals surface area contributed by atoms with Gasteiger partial charge in [0.25, 0.3) is 0 Å². The molecule has 0 aliphatic rings. The summed E-state index contributed by atoms with van der Waals surface area (Å²) in [5.41, 5.74) is 3.35. The Bertz CT molecular complexity index is 895. The molecule has 0 N–H and O–H groups in total. The fraction of sp³-hybridized carbons (Fsp3) is 0. The van der Waals surface area contributed by atoms with Crippen molar-refractivity contribution in [3.63, 3.8) is 0 Å². The van der Waals surface area contributed by atoms with Crippen LogP contribution in [0.4, 0.5) is 0 Å². The van der Waals surface area contributed by atoms with Crippen LogP contribution in [0.5, 0.6) is 0 Å². The van der Waals surface area contributed by atoms with E-state index >= 15 is 0 Å². The fourth-order valence-electron chi connectivity index (χ4n) is 2.46. The van der Waals surface area contributed by atoms with Gasteiger partial charge in [-0.15, -0.1) is 0 Å². The first-order valence-corrected chi connectivity index (χ1v) is 5.79. The van der Waals surface area contributed by atoms with Gasteiger partial charge in [0, 0.05) is 22.4 Å². The number of benzene rings is 2. The van der Waals surface area contributed by atoms with Crippen LogP contribution in [0.25, 0.3) is 32.8 Å². The molecule has 0 saturated heterocycles. The molecule has 0 unspecified atom stereocenters. The maximum absolute atomic E-state index is 6.04. The highest BCUT2D eigenvalue weighted by Gasteiger charge is 2.11. The molecule has 0 bridgehead atoms. The zero-order chi connectivity index (χ0) is 12.1. The summed E-state index contributed by atoms with van der Waals surface area (Å²) >= 11 is 0. The lowest BCUT2D eigenvalue weighted by Crippen LogP contribution is -2.01. The van der Waals surface area contributed by atoms with Crippen LogP contribution in [0.3, 0.4) is 0 Å². The van der Waals surface area contributed by atoms with Crippen LogP contribution in [-0.4, -0.2) is 12.8 Å². The van der Waals surface area contributed by atoms with Crippen molar-refractivity contribution >= 4 is 46.2 Å². The summed E-state index contributed by atoms with van der Waals surface area (Å²) in [7, 11) is 6.04. The van der Waals surface area contributed by atoms with E-state index in [4.69, 9.17) is 12.3 Å². The van der Waals surface area contributed by atoms with Crippen molar-refractivity contribution in [3.05, 3.63) is 48.7 Å². The van der Waals surface area contributed by atoms with Gasteiger partial charge in [0.2, 0.25) is 0 Å². The Hall–Kier alpha value is -2.29. The standard InChI is InChI=1S/C15H8BNO/c16-11-4-1-5-13-14(11)10-6-7-12-9(15(10)18-13)3-2-8-17-12/h1-8H. The minimum atomic E-state index is 0.745. The third-order valence-electron chi connectivity index (χ3n) is 3.28. The predicted octanol–water partition coefficient (Wildman–Crippen LogP) is 2.93. The maximum atomic E-state index is 6.04. The molecule has 0 aliphatic heterocycles. The summed E-state index contributed by atoms with van der Waals surface area (Å²) in [4.78, 5) is 4.33. The molecular formula is C15H8BNO. The van der Waals surface area contributed by atoms with Gasteiger partial charge in [0.15, 0.2) is 0 Å². The van der Waals surface area contributed by atoms with Crippen molar-refractivity contribution in [2.45, 2.75) is 0 Å². The molecule has 0 saturated carbocycles. The highest BCUT2D eigenvalue weighted by atomic mass is 16.3. The maximum Gasteiger partial charge on any atom is 0.144 e. The first-order valence-electron chi connectivity index (χ1n) is 5.79. The van der Waals surface area contributed by atoms with Crippen LogP contribution in [0, 0.1) is 0 Å². The number of fused-ring (bicyclic) bond motifs is 5. The molecule has 2 nitrogen and oxygen atoms in total. The topological polar surface area (TPSA) is 26.0 Å². The molecule has 0 spiro atoms. The number of pyridine rings is 1. The van der Waals surface area contributed by atoms with E-state index in [0.29, 0.717) is 0 Å². The third kappa shape index (κ3) is 1.16. The van der Waals surface area contributed by atoms with Crippen LogP contribution < -0.4 is 5.46 Å². The normalized spacial score (nSPS) is 11.6. The summed E-state index contributed by atoms with van der Waals surface area (Å²) in [6.45, 7) is 0. The monoisotopic (exact) mass is 229 g/mol. The Kier molecular flexibility index (Phi) is 1.81. The summed E-state index contributed by atoms with van der Waals surface area (Å²) in [6.07, 6.45) is 1.78. The van der Waals surface area contributed by atoms with E-state index in [9.17, 15) is 0 Å². The molecule has 0 amide bonds. The molecule has 2 aromatic carbocycles. The second kappa shape index (κ2) is 3.36. The molecule has 18 heavy (non-hydrogen) atoms. The predicted molar refractivity (Wildman–Crippen MR) is 74.4 cm³/mol. The molecule has 0 fully saturated rings. The van der Waals surface area contributed by atoms with Crippen LogP contribution in [0.15, 0.2) is 53.1 Å². The smallest absolute Gasteiger partial charge is 0.144 e. The number of rotatable bonds is 0. The van der Waals surface area contributed by atoms with Crippen molar-refractivity contribution in [1.82, 2.24) is 4.98 Å². The van der Waals surface area contributed by atoms with Gasteiger partial charge >= 0.3 is 0 Å². The average molecular weight is 229 g/mol. The van der Waals surface area contributed by atoms with Crippen LogP contribution in [0.1, 0.15) is 0 Å². The van der Waals surface area contributed by atoms with E-state index in [1.165, 1.54) is 0 Å². The Morgan fingerprint density at radius 2 is 1.89 bits per heavy atom. The third-order valence-corrected chi connectivity index (χ3v) is 3.28. The summed E-state index contributed by atoms with van der Waals surface area (Å²) in [5.74, 6) is 0. The SMILES string of the molecule is [B]c1cccc2oc3c4cccnc4ccc3c12. The lowest BCUT2D eigenvalue weighted by Gasteiger charge is -1.97. The summed E-state index contributed by atoms with van der Waals surface area (Å²) in [5, 5.41) is 3.05. The molecule has 0 atom stereocenters. The van der Waals surface area contributed by atoms with Gasteiger partial charge in [-0.25, -0.2) is 0 Å². The largest absolute Gasteiger partial charge is 0.455 e. The molecule has 2 radical (unpaired) electrons. The Labute approximate surface area is 105 Å². The molecule has 82 valence electrons. The zero-order valence-electron chi connectivity index (χ0n) is 9.55. The number of hydrogen-bond acceptors (Lipinski definition) is 2. The van der Waals surface area contributed by atoms with Gasteiger partial charge in [-0.05, 0) is 30.3 Å². The average Bonchev–Trinajstić information content (AvgIpc) is 2.79. The molecule has 0 aliphatic carbocycles. The lowest BCUT2D eigenvalue weighted by molar-refractivity contribution is 0.673. The van der Waals surface area contributed by atoms with Crippen molar-refractivity contribution in [3.8, 4) is 0 Å². The van der Waals surface area contributed by atoms with Gasteiger partial charge < -0.3 is 4.42 Å². The highest BCUT2D eigenvalue weighted by molar-refractivity contribution is 6.41. The molecule has 2 heterocycles.